The molecule has 0 atom stereocenters. The average Bonchev–Trinajstić information content (AvgIpc) is 2.58. The highest BCUT2D eigenvalue weighted by Crippen LogP contribution is 2.20. The van der Waals surface area contributed by atoms with Crippen LogP contribution in [0.2, 0.25) is 5.02 Å². The first kappa shape index (κ1) is 19.4. The molecule has 0 spiro atoms. The number of hydrogen-bond acceptors (Lipinski definition) is 3. The van der Waals surface area contributed by atoms with E-state index >= 15 is 0 Å². The number of amides is 1. The molecule has 1 amide bonds. The van der Waals surface area contributed by atoms with Gasteiger partial charge < -0.3 is 5.32 Å². The largest absolute Gasteiger partial charge is 0.326 e. The molecular formula is C18H21ClN2O3S. The molecular weight excluding hydrogens is 360 g/mol. The van der Waals surface area contributed by atoms with Crippen LogP contribution in [-0.2, 0) is 21.2 Å². The van der Waals surface area contributed by atoms with Crippen molar-refractivity contribution in [2.75, 3.05) is 18.4 Å². The van der Waals surface area contributed by atoms with E-state index in [1.165, 1.54) is 16.4 Å². The van der Waals surface area contributed by atoms with Crippen molar-refractivity contribution in [3.05, 3.63) is 59.1 Å². The van der Waals surface area contributed by atoms with Crippen LogP contribution >= 0.6 is 11.6 Å². The third-order valence-corrected chi connectivity index (χ3v) is 6.18. The maximum absolute atomic E-state index is 12.6. The fourth-order valence-electron chi connectivity index (χ4n) is 2.47. The summed E-state index contributed by atoms with van der Waals surface area (Å²) in [7, 11) is -3.56. The summed E-state index contributed by atoms with van der Waals surface area (Å²) in [6.45, 7) is 4.36. The highest BCUT2D eigenvalue weighted by molar-refractivity contribution is 7.89. The number of rotatable bonds is 7. The molecule has 0 bridgehead atoms. The van der Waals surface area contributed by atoms with Gasteiger partial charge in [-0.05, 0) is 29.8 Å². The lowest BCUT2D eigenvalue weighted by Crippen LogP contribution is -2.30. The molecule has 134 valence electrons. The maximum atomic E-state index is 12.6. The summed E-state index contributed by atoms with van der Waals surface area (Å²) < 4.78 is 26.5. The van der Waals surface area contributed by atoms with Gasteiger partial charge in [-0.2, -0.15) is 4.31 Å². The van der Waals surface area contributed by atoms with Crippen LogP contribution in [0.1, 0.15) is 19.4 Å². The van der Waals surface area contributed by atoms with Crippen molar-refractivity contribution in [1.29, 1.82) is 0 Å². The van der Waals surface area contributed by atoms with Gasteiger partial charge in [0.25, 0.3) is 0 Å². The van der Waals surface area contributed by atoms with E-state index in [4.69, 9.17) is 11.6 Å². The number of sulfonamides is 1. The van der Waals surface area contributed by atoms with E-state index < -0.39 is 10.0 Å². The third-order valence-electron chi connectivity index (χ3n) is 3.77. The first-order valence-corrected chi connectivity index (χ1v) is 9.83. The molecule has 0 aliphatic carbocycles. The number of carbonyl (C=O) groups is 1. The molecule has 0 aliphatic rings. The molecule has 0 radical (unpaired) electrons. The minimum atomic E-state index is -3.56. The second kappa shape index (κ2) is 8.47. The molecule has 2 aromatic rings. The Bertz CT molecular complexity index is 849. The van der Waals surface area contributed by atoms with Crippen molar-refractivity contribution in [2.24, 2.45) is 0 Å². The topological polar surface area (TPSA) is 66.5 Å². The Labute approximate surface area is 153 Å². The Morgan fingerprint density at radius 3 is 2.40 bits per heavy atom. The molecule has 5 nitrogen and oxygen atoms in total. The molecule has 1 N–H and O–H groups in total. The number of hydrogen-bond donors (Lipinski definition) is 1. The van der Waals surface area contributed by atoms with Gasteiger partial charge in [-0.15, -0.1) is 0 Å². The Morgan fingerprint density at radius 2 is 1.76 bits per heavy atom. The van der Waals surface area contributed by atoms with E-state index in [0.29, 0.717) is 29.4 Å². The predicted molar refractivity (Wildman–Crippen MR) is 100 cm³/mol. The number of anilines is 1. The van der Waals surface area contributed by atoms with Crippen molar-refractivity contribution in [1.82, 2.24) is 4.31 Å². The van der Waals surface area contributed by atoms with Crippen LogP contribution in [0.25, 0.3) is 0 Å². The smallest absolute Gasteiger partial charge is 0.243 e. The SMILES string of the molecule is CCN(CC)S(=O)(=O)c1cccc(NC(=O)Cc2ccccc2Cl)c1. The summed E-state index contributed by atoms with van der Waals surface area (Å²) in [4.78, 5) is 12.4. The fraction of sp³-hybridized carbons (Fsp3) is 0.278. The van der Waals surface area contributed by atoms with Gasteiger partial charge in [0.2, 0.25) is 15.9 Å². The molecule has 2 rings (SSSR count). The zero-order valence-electron chi connectivity index (χ0n) is 14.2. The Balaban J connectivity index is 2.16. The monoisotopic (exact) mass is 380 g/mol. The first-order chi connectivity index (χ1) is 11.9. The number of nitrogens with one attached hydrogen (secondary N) is 1. The molecule has 0 saturated carbocycles. The van der Waals surface area contributed by atoms with E-state index in [9.17, 15) is 13.2 Å². The summed E-state index contributed by atoms with van der Waals surface area (Å²) in [6, 6.07) is 13.4. The van der Waals surface area contributed by atoms with Crippen LogP contribution in [0.5, 0.6) is 0 Å². The van der Waals surface area contributed by atoms with Gasteiger partial charge in [0, 0.05) is 23.8 Å². The quantitative estimate of drug-likeness (QED) is 0.798. The van der Waals surface area contributed by atoms with Gasteiger partial charge in [0.05, 0.1) is 11.3 Å². The zero-order valence-corrected chi connectivity index (χ0v) is 15.8. The second-order valence-corrected chi connectivity index (χ2v) is 7.78. The van der Waals surface area contributed by atoms with E-state index in [-0.39, 0.29) is 17.2 Å². The molecule has 0 aromatic heterocycles. The summed E-state index contributed by atoms with van der Waals surface area (Å²) in [5.74, 6) is -0.259. The van der Waals surface area contributed by atoms with Crippen LogP contribution in [0.15, 0.2) is 53.4 Å². The van der Waals surface area contributed by atoms with Crippen LogP contribution in [0.3, 0.4) is 0 Å². The third kappa shape index (κ3) is 4.81. The van der Waals surface area contributed by atoms with Crippen LogP contribution in [-0.4, -0.2) is 31.7 Å². The molecule has 0 saturated heterocycles. The van der Waals surface area contributed by atoms with Crippen molar-refractivity contribution in [3.63, 3.8) is 0 Å². The van der Waals surface area contributed by atoms with Crippen molar-refractivity contribution in [3.8, 4) is 0 Å². The minimum absolute atomic E-state index is 0.118. The molecule has 25 heavy (non-hydrogen) atoms. The summed E-state index contributed by atoms with van der Waals surface area (Å²) in [5.41, 5.74) is 1.15. The van der Waals surface area contributed by atoms with Gasteiger partial charge in [0.1, 0.15) is 0 Å². The molecule has 0 unspecified atom stereocenters. The standard InChI is InChI=1S/C18H21ClN2O3S/c1-3-21(4-2)25(23,24)16-10-7-9-15(13-16)20-18(22)12-14-8-5-6-11-17(14)19/h5-11,13H,3-4,12H2,1-2H3,(H,20,22). The predicted octanol–water partition coefficient (Wildman–Crippen LogP) is 3.55. The van der Waals surface area contributed by atoms with Gasteiger partial charge in [-0.3, -0.25) is 4.79 Å². The molecule has 0 fully saturated rings. The number of halogens is 1. The van der Waals surface area contributed by atoms with E-state index in [1.807, 2.05) is 6.07 Å². The Morgan fingerprint density at radius 1 is 1.08 bits per heavy atom. The normalized spacial score (nSPS) is 11.5. The maximum Gasteiger partial charge on any atom is 0.243 e. The van der Waals surface area contributed by atoms with E-state index in [2.05, 4.69) is 5.32 Å². The first-order valence-electron chi connectivity index (χ1n) is 8.02. The average molecular weight is 381 g/mol. The lowest BCUT2D eigenvalue weighted by Gasteiger charge is -2.18. The van der Waals surface area contributed by atoms with Crippen molar-refractivity contribution >= 4 is 33.2 Å². The minimum Gasteiger partial charge on any atom is -0.326 e. The summed E-state index contributed by atoms with van der Waals surface area (Å²) in [6.07, 6.45) is 0.118. The van der Waals surface area contributed by atoms with Gasteiger partial charge in [0.15, 0.2) is 0 Å². The highest BCUT2D eigenvalue weighted by Gasteiger charge is 2.21. The van der Waals surface area contributed by atoms with E-state index in [0.717, 1.165) is 0 Å². The number of benzene rings is 2. The van der Waals surface area contributed by atoms with Crippen molar-refractivity contribution < 1.29 is 13.2 Å². The number of nitrogens with zero attached hydrogens (tertiary/aromatic N) is 1. The number of carbonyl (C=O) groups excluding carboxylic acids is 1. The summed E-state index contributed by atoms with van der Waals surface area (Å²) >= 11 is 6.06. The van der Waals surface area contributed by atoms with Gasteiger partial charge in [-0.1, -0.05) is 49.7 Å². The highest BCUT2D eigenvalue weighted by atomic mass is 35.5. The zero-order chi connectivity index (χ0) is 18.4. The Hall–Kier alpha value is -1.89. The Kier molecular flexibility index (Phi) is 6.58. The van der Waals surface area contributed by atoms with Crippen molar-refractivity contribution in [2.45, 2.75) is 25.2 Å². The molecule has 0 aliphatic heterocycles. The lowest BCUT2D eigenvalue weighted by atomic mass is 10.1. The fourth-order valence-corrected chi connectivity index (χ4v) is 4.17. The molecule has 2 aromatic carbocycles. The van der Waals surface area contributed by atoms with Gasteiger partial charge in [-0.25, -0.2) is 8.42 Å². The molecule has 7 heteroatoms. The van der Waals surface area contributed by atoms with Crippen LogP contribution in [0.4, 0.5) is 5.69 Å². The van der Waals surface area contributed by atoms with Crippen LogP contribution in [0, 0.1) is 0 Å². The lowest BCUT2D eigenvalue weighted by molar-refractivity contribution is -0.115. The van der Waals surface area contributed by atoms with Crippen LogP contribution < -0.4 is 5.32 Å². The van der Waals surface area contributed by atoms with E-state index in [1.54, 1.807) is 44.2 Å². The van der Waals surface area contributed by atoms with Gasteiger partial charge >= 0.3 is 0 Å². The second-order valence-electron chi connectivity index (χ2n) is 5.43. The summed E-state index contributed by atoms with van der Waals surface area (Å²) in [5, 5.41) is 3.25. The molecule has 0 heterocycles.